The molecular weight excluding hydrogens is 459 g/mol. The number of phenolic OH excluding ortho intramolecular Hbond substituents is 1. The fraction of sp³-hybridized carbons (Fsp3) is 0.280. The van der Waals surface area contributed by atoms with Crippen LogP contribution in [-0.4, -0.2) is 37.3 Å². The van der Waals surface area contributed by atoms with Crippen LogP contribution in [0.3, 0.4) is 0 Å². The average molecular weight is 481 g/mol. The number of hydrogen-bond acceptors (Lipinski definition) is 5. The third-order valence-electron chi connectivity index (χ3n) is 6.54. The summed E-state index contributed by atoms with van der Waals surface area (Å²) in [6, 6.07) is 6.77. The summed E-state index contributed by atoms with van der Waals surface area (Å²) < 4.78 is 43.0. The van der Waals surface area contributed by atoms with Crippen molar-refractivity contribution < 1.29 is 23.1 Å². The van der Waals surface area contributed by atoms with Gasteiger partial charge in [-0.15, -0.1) is 0 Å². The van der Waals surface area contributed by atoms with Gasteiger partial charge < -0.3 is 10.4 Å². The Kier molecular flexibility index (Phi) is 6.10. The number of fused-ring (bicyclic) bond motifs is 1. The summed E-state index contributed by atoms with van der Waals surface area (Å²) in [4.78, 5) is 20.4. The molecule has 1 saturated carbocycles. The smallest absolute Gasteiger partial charge is 0.254 e. The second-order valence-electron chi connectivity index (χ2n) is 8.78. The van der Waals surface area contributed by atoms with Gasteiger partial charge in [0.1, 0.15) is 6.33 Å². The summed E-state index contributed by atoms with van der Waals surface area (Å²) in [5, 5.41) is 17.5. The van der Waals surface area contributed by atoms with Crippen molar-refractivity contribution in [3.8, 4) is 16.9 Å². The molecule has 0 spiro atoms. The first-order valence-corrected chi connectivity index (χ1v) is 11.3. The minimum atomic E-state index is -1.77. The number of aromatic nitrogens is 4. The number of rotatable bonds is 5. The molecule has 2 aromatic carbocycles. The van der Waals surface area contributed by atoms with Crippen molar-refractivity contribution in [1.29, 1.82) is 0 Å². The molecule has 7 nitrogen and oxygen atoms in total. The second-order valence-corrected chi connectivity index (χ2v) is 8.78. The molecule has 5 rings (SSSR count). The Morgan fingerprint density at radius 3 is 2.51 bits per heavy atom. The number of amides is 1. The quantitative estimate of drug-likeness (QED) is 0.401. The van der Waals surface area contributed by atoms with Gasteiger partial charge in [-0.3, -0.25) is 9.48 Å². The fourth-order valence-corrected chi connectivity index (χ4v) is 4.55. The highest BCUT2D eigenvalue weighted by atomic mass is 19.2. The van der Waals surface area contributed by atoms with Gasteiger partial charge in [0.05, 0.1) is 17.1 Å². The molecule has 0 radical (unpaired) electrons. The highest BCUT2D eigenvalue weighted by Gasteiger charge is 2.26. The van der Waals surface area contributed by atoms with Gasteiger partial charge in [0, 0.05) is 36.1 Å². The van der Waals surface area contributed by atoms with Crippen molar-refractivity contribution in [3.63, 3.8) is 0 Å². The monoisotopic (exact) mass is 481 g/mol. The van der Waals surface area contributed by atoms with Gasteiger partial charge in [0.2, 0.25) is 5.82 Å². The lowest BCUT2D eigenvalue weighted by Gasteiger charge is -2.28. The number of hydrogen-bond donors (Lipinski definition) is 2. The Hall–Kier alpha value is -3.95. The Morgan fingerprint density at radius 2 is 1.77 bits per heavy atom. The van der Waals surface area contributed by atoms with Crippen molar-refractivity contribution in [2.75, 3.05) is 6.54 Å². The van der Waals surface area contributed by atoms with Crippen molar-refractivity contribution in [2.24, 2.45) is 5.92 Å². The first kappa shape index (κ1) is 22.8. The molecule has 180 valence electrons. The van der Waals surface area contributed by atoms with E-state index in [1.165, 1.54) is 6.33 Å². The standard InChI is InChI=1S/C25H22F3N5O2/c26-20-8-19(22(27)23(28)24(20)34)25(35)31-9-14-1-5-18(6-2-14)33-12-16-4-3-15(7-21(16)32-33)17-10-29-13-30-11-17/h3-4,7-8,10-14,18,34H,1-2,5-6,9H2,(H,31,35). The highest BCUT2D eigenvalue weighted by Crippen LogP contribution is 2.33. The lowest BCUT2D eigenvalue weighted by molar-refractivity contribution is 0.0935. The van der Waals surface area contributed by atoms with Gasteiger partial charge in [-0.25, -0.2) is 18.7 Å². The van der Waals surface area contributed by atoms with E-state index in [1.807, 2.05) is 29.1 Å². The van der Waals surface area contributed by atoms with Crippen molar-refractivity contribution >= 4 is 16.8 Å². The Labute approximate surface area is 198 Å². The molecule has 0 atom stereocenters. The molecule has 2 N–H and O–H groups in total. The van der Waals surface area contributed by atoms with Crippen LogP contribution < -0.4 is 5.32 Å². The van der Waals surface area contributed by atoms with E-state index >= 15 is 0 Å². The molecule has 0 saturated heterocycles. The van der Waals surface area contributed by atoms with E-state index in [-0.39, 0.29) is 18.5 Å². The molecule has 1 aliphatic carbocycles. The molecular formula is C25H22F3N5O2. The van der Waals surface area contributed by atoms with Gasteiger partial charge in [0.15, 0.2) is 17.4 Å². The first-order chi connectivity index (χ1) is 16.9. The minimum Gasteiger partial charge on any atom is -0.503 e. The molecule has 35 heavy (non-hydrogen) atoms. The third-order valence-corrected chi connectivity index (χ3v) is 6.54. The number of carbonyl (C=O) groups excluding carboxylic acids is 1. The molecule has 4 aromatic rings. The van der Waals surface area contributed by atoms with Gasteiger partial charge >= 0.3 is 0 Å². The second kappa shape index (κ2) is 9.36. The van der Waals surface area contributed by atoms with Crippen molar-refractivity contribution in [2.45, 2.75) is 31.7 Å². The number of phenols is 1. The number of nitrogens with one attached hydrogen (secondary N) is 1. The summed E-state index contributed by atoms with van der Waals surface area (Å²) >= 11 is 0. The van der Waals surface area contributed by atoms with Crippen LogP contribution in [0.25, 0.3) is 22.0 Å². The van der Waals surface area contributed by atoms with Gasteiger partial charge in [-0.05, 0) is 49.3 Å². The highest BCUT2D eigenvalue weighted by molar-refractivity contribution is 5.94. The fourth-order valence-electron chi connectivity index (χ4n) is 4.55. The molecule has 10 heteroatoms. The van der Waals surface area contributed by atoms with E-state index in [4.69, 9.17) is 10.2 Å². The zero-order valence-corrected chi connectivity index (χ0v) is 18.6. The number of nitrogens with zero attached hydrogens (tertiary/aromatic N) is 4. The van der Waals surface area contributed by atoms with Gasteiger partial charge in [-0.1, -0.05) is 12.1 Å². The Balaban J connectivity index is 1.19. The van der Waals surface area contributed by atoms with Crippen LogP contribution in [-0.2, 0) is 0 Å². The van der Waals surface area contributed by atoms with E-state index in [0.717, 1.165) is 47.7 Å². The van der Waals surface area contributed by atoms with Crippen molar-refractivity contribution in [3.05, 3.63) is 72.2 Å². The zero-order chi connectivity index (χ0) is 24.5. The van der Waals surface area contributed by atoms with Gasteiger partial charge in [0.25, 0.3) is 5.91 Å². The summed E-state index contributed by atoms with van der Waals surface area (Å²) in [6.45, 7) is 0.263. The van der Waals surface area contributed by atoms with Crippen LogP contribution in [0.15, 0.2) is 49.2 Å². The molecule has 0 bridgehead atoms. The predicted molar refractivity (Wildman–Crippen MR) is 122 cm³/mol. The summed E-state index contributed by atoms with van der Waals surface area (Å²) in [5.74, 6) is -6.93. The number of halogens is 3. The summed E-state index contributed by atoms with van der Waals surface area (Å²) in [7, 11) is 0. The Morgan fingerprint density at radius 1 is 1.03 bits per heavy atom. The molecule has 2 heterocycles. The SMILES string of the molecule is O=C(NCC1CCC(n2cc3ccc(-c4cncnc4)cc3n2)CC1)c1cc(F)c(O)c(F)c1F. The van der Waals surface area contributed by atoms with E-state index in [2.05, 4.69) is 15.3 Å². The first-order valence-electron chi connectivity index (χ1n) is 11.3. The molecule has 1 amide bonds. The van der Waals surface area contributed by atoms with Crippen LogP contribution in [0.5, 0.6) is 5.75 Å². The van der Waals surface area contributed by atoms with Crippen LogP contribution in [0, 0.1) is 23.4 Å². The number of carbonyl (C=O) groups is 1. The lowest BCUT2D eigenvalue weighted by Crippen LogP contribution is -2.32. The minimum absolute atomic E-state index is 0.153. The molecule has 2 aromatic heterocycles. The van der Waals surface area contributed by atoms with Crippen LogP contribution in [0.4, 0.5) is 13.2 Å². The van der Waals surface area contributed by atoms with Crippen molar-refractivity contribution in [1.82, 2.24) is 25.1 Å². The van der Waals surface area contributed by atoms with Crippen LogP contribution in [0.2, 0.25) is 0 Å². The molecule has 1 aliphatic rings. The molecule has 1 fully saturated rings. The van der Waals surface area contributed by atoms with Gasteiger partial charge in [-0.2, -0.15) is 9.49 Å². The van der Waals surface area contributed by atoms with E-state index < -0.39 is 34.7 Å². The maximum atomic E-state index is 13.9. The summed E-state index contributed by atoms with van der Waals surface area (Å²) in [6.07, 6.45) is 10.4. The van der Waals surface area contributed by atoms with Crippen LogP contribution in [0.1, 0.15) is 42.1 Å². The predicted octanol–water partition coefficient (Wildman–Crippen LogP) is 4.78. The molecule has 0 aliphatic heterocycles. The summed E-state index contributed by atoms with van der Waals surface area (Å²) in [5.41, 5.74) is 2.03. The number of benzene rings is 2. The maximum Gasteiger partial charge on any atom is 0.254 e. The number of aromatic hydroxyl groups is 1. The maximum absolute atomic E-state index is 13.9. The van der Waals surface area contributed by atoms with E-state index in [9.17, 15) is 18.0 Å². The average Bonchev–Trinajstić information content (AvgIpc) is 3.32. The topological polar surface area (TPSA) is 92.9 Å². The lowest BCUT2D eigenvalue weighted by atomic mass is 9.86. The normalized spacial score (nSPS) is 18.0. The third kappa shape index (κ3) is 4.55. The van der Waals surface area contributed by atoms with E-state index in [0.29, 0.717) is 6.07 Å². The molecule has 0 unspecified atom stereocenters. The largest absolute Gasteiger partial charge is 0.503 e. The Bertz CT molecular complexity index is 1390. The van der Waals surface area contributed by atoms with E-state index in [1.54, 1.807) is 12.4 Å². The zero-order valence-electron chi connectivity index (χ0n) is 18.6. The van der Waals surface area contributed by atoms with Crippen LogP contribution >= 0.6 is 0 Å².